The molecular weight excluding hydrogens is 703 g/mol. The number of carbonyl (C=O) groups is 3. The highest BCUT2D eigenvalue weighted by Gasteiger charge is 2.23. The molecule has 0 aromatic carbocycles. The minimum Gasteiger partial charge on any atom is -0.462 e. The number of unbranched alkanes of at least 4 members (excludes halogenated alkanes) is 16. The summed E-state index contributed by atoms with van der Waals surface area (Å²) in [5.41, 5.74) is 0. The quantitative estimate of drug-likeness (QED) is 0.0157. The molecule has 0 aliphatic rings. The number of ether oxygens (including phenoxy) is 2. The number of allylic oxidation sites excluding steroid dienone is 8. The zero-order valence-electron chi connectivity index (χ0n) is 34.3. The molecule has 0 aliphatic carbocycles. The second-order valence-electron chi connectivity index (χ2n) is 14.6. The Hall–Kier alpha value is -2.32. The second-order valence-corrected chi connectivity index (χ2v) is 15.8. The van der Waals surface area contributed by atoms with Crippen LogP contribution in [0, 0.1) is 5.92 Å². The highest BCUT2D eigenvalue weighted by Crippen LogP contribution is 2.36. The lowest BCUT2D eigenvalue weighted by molar-refractivity contribution is -0.161. The number of ketones is 1. The molecular formula is C44H77O9P. The Balaban J connectivity index is 4.09. The molecule has 0 saturated carbocycles. The maximum atomic E-state index is 12.4. The van der Waals surface area contributed by atoms with Crippen LogP contribution in [0.25, 0.3) is 0 Å². The fourth-order valence-electron chi connectivity index (χ4n) is 5.77. The number of carbonyl (C=O) groups excluding carboxylic acids is 3. The molecule has 0 heterocycles. The standard InChI is InChI=1S/C44H77O9P/c1-4-6-7-8-9-10-11-14-18-21-24-27-30-34-41(45)35-32-37-43(46)51-38-42(39-52-54(48,49)50)53-44(47)36-31-28-25-22-19-16-13-12-15-17-20-23-26-29-33-40(3)5-2/h9-10,14,18,24,27,30,34,40,42H,4-8,11-13,15-17,19-23,25-26,28-29,31-33,35-39H2,1-3H3,(H2,48,49,50)/b10-9-,18-14-,27-24-,34-30+/t40?,42-/m1/s1. The van der Waals surface area contributed by atoms with E-state index >= 15 is 0 Å². The van der Waals surface area contributed by atoms with Gasteiger partial charge in [0.1, 0.15) is 6.61 Å². The number of phosphoric ester groups is 1. The number of hydrogen-bond donors (Lipinski definition) is 2. The molecule has 1 unspecified atom stereocenters. The van der Waals surface area contributed by atoms with Crippen molar-refractivity contribution in [1.29, 1.82) is 0 Å². The lowest BCUT2D eigenvalue weighted by atomic mass is 9.99. The highest BCUT2D eigenvalue weighted by molar-refractivity contribution is 7.46. The van der Waals surface area contributed by atoms with E-state index in [1.807, 2.05) is 12.2 Å². The van der Waals surface area contributed by atoms with Gasteiger partial charge in [0.15, 0.2) is 11.9 Å². The molecule has 10 heteroatoms. The molecule has 0 radical (unpaired) electrons. The van der Waals surface area contributed by atoms with Crippen molar-refractivity contribution < 1.29 is 42.7 Å². The van der Waals surface area contributed by atoms with Crippen molar-refractivity contribution >= 4 is 25.5 Å². The van der Waals surface area contributed by atoms with Crippen molar-refractivity contribution in [1.82, 2.24) is 0 Å². The molecule has 312 valence electrons. The Morgan fingerprint density at radius 2 is 1.17 bits per heavy atom. The van der Waals surface area contributed by atoms with Crippen molar-refractivity contribution in [3.05, 3.63) is 48.6 Å². The van der Waals surface area contributed by atoms with Crippen molar-refractivity contribution in [3.8, 4) is 0 Å². The first-order chi connectivity index (χ1) is 26.1. The third-order valence-corrected chi connectivity index (χ3v) is 9.85. The van der Waals surface area contributed by atoms with Gasteiger partial charge in [-0.25, -0.2) is 4.57 Å². The number of hydrogen-bond acceptors (Lipinski definition) is 7. The van der Waals surface area contributed by atoms with Crippen LogP contribution in [-0.2, 0) is 32.9 Å². The van der Waals surface area contributed by atoms with Gasteiger partial charge in [-0.2, -0.15) is 0 Å². The molecule has 0 aromatic rings. The lowest BCUT2D eigenvalue weighted by Crippen LogP contribution is -2.29. The fraction of sp³-hybridized carbons (Fsp3) is 0.750. The van der Waals surface area contributed by atoms with E-state index in [-0.39, 0.29) is 31.5 Å². The van der Waals surface area contributed by atoms with Crippen LogP contribution in [0.3, 0.4) is 0 Å². The summed E-state index contributed by atoms with van der Waals surface area (Å²) in [5, 5.41) is 0. The van der Waals surface area contributed by atoms with Gasteiger partial charge in [-0.05, 0) is 50.5 Å². The van der Waals surface area contributed by atoms with E-state index in [4.69, 9.17) is 19.3 Å². The van der Waals surface area contributed by atoms with Crippen LogP contribution < -0.4 is 0 Å². The van der Waals surface area contributed by atoms with E-state index in [0.717, 1.165) is 44.4 Å². The van der Waals surface area contributed by atoms with E-state index in [1.54, 1.807) is 6.08 Å². The zero-order valence-corrected chi connectivity index (χ0v) is 35.2. The predicted octanol–water partition coefficient (Wildman–Crippen LogP) is 12.2. The van der Waals surface area contributed by atoms with Crippen molar-refractivity contribution in [2.45, 2.75) is 194 Å². The average molecular weight is 781 g/mol. The molecule has 0 fully saturated rings. The Kier molecular flexibility index (Phi) is 36.0. The predicted molar refractivity (Wildman–Crippen MR) is 221 cm³/mol. The van der Waals surface area contributed by atoms with Crippen LogP contribution in [0.1, 0.15) is 188 Å². The van der Waals surface area contributed by atoms with E-state index < -0.39 is 39.1 Å². The summed E-state index contributed by atoms with van der Waals surface area (Å²) in [6.07, 6.45) is 41.2. The second kappa shape index (κ2) is 37.6. The van der Waals surface area contributed by atoms with Gasteiger partial charge >= 0.3 is 19.8 Å². The Labute approximate surface area is 329 Å². The normalized spacial score (nSPS) is 13.4. The summed E-state index contributed by atoms with van der Waals surface area (Å²) in [5.74, 6) is -0.380. The fourth-order valence-corrected chi connectivity index (χ4v) is 6.13. The molecule has 0 rings (SSSR count). The van der Waals surface area contributed by atoms with Gasteiger partial charge < -0.3 is 19.3 Å². The maximum Gasteiger partial charge on any atom is 0.469 e. The summed E-state index contributed by atoms with van der Waals surface area (Å²) < 4.78 is 26.2. The van der Waals surface area contributed by atoms with Crippen LogP contribution in [0.2, 0.25) is 0 Å². The van der Waals surface area contributed by atoms with E-state index in [2.05, 4.69) is 49.6 Å². The Morgan fingerprint density at radius 1 is 0.611 bits per heavy atom. The van der Waals surface area contributed by atoms with Gasteiger partial charge in [0.2, 0.25) is 0 Å². The monoisotopic (exact) mass is 781 g/mol. The van der Waals surface area contributed by atoms with Gasteiger partial charge in [0, 0.05) is 19.3 Å². The van der Waals surface area contributed by atoms with Gasteiger partial charge in [-0.3, -0.25) is 18.9 Å². The zero-order chi connectivity index (χ0) is 40.0. The number of phosphoric acid groups is 1. The molecule has 0 amide bonds. The molecule has 0 aliphatic heterocycles. The van der Waals surface area contributed by atoms with Crippen LogP contribution in [0.4, 0.5) is 0 Å². The topological polar surface area (TPSA) is 136 Å². The van der Waals surface area contributed by atoms with Gasteiger partial charge in [0.05, 0.1) is 6.61 Å². The van der Waals surface area contributed by atoms with E-state index in [0.29, 0.717) is 6.42 Å². The lowest BCUT2D eigenvalue weighted by Gasteiger charge is -2.18. The Morgan fingerprint density at radius 3 is 1.76 bits per heavy atom. The molecule has 9 nitrogen and oxygen atoms in total. The SMILES string of the molecule is CCCCC/C=C\C/C=C\C/C=C\C=C\C(=O)CCCC(=O)OC[C@H](COP(=O)(O)O)OC(=O)CCCCCCCCCCCCCCCCC(C)CC. The molecule has 2 N–H and O–H groups in total. The maximum absolute atomic E-state index is 12.4. The van der Waals surface area contributed by atoms with Gasteiger partial charge in [-0.1, -0.05) is 172 Å². The van der Waals surface area contributed by atoms with E-state index in [1.165, 1.54) is 102 Å². The van der Waals surface area contributed by atoms with Crippen LogP contribution in [-0.4, -0.2) is 46.8 Å². The molecule has 0 spiro atoms. The minimum atomic E-state index is -4.81. The van der Waals surface area contributed by atoms with Crippen molar-refractivity contribution in [2.75, 3.05) is 13.2 Å². The summed E-state index contributed by atoms with van der Waals surface area (Å²) >= 11 is 0. The van der Waals surface area contributed by atoms with Gasteiger partial charge in [0.25, 0.3) is 0 Å². The van der Waals surface area contributed by atoms with Crippen LogP contribution in [0.15, 0.2) is 48.6 Å². The summed E-state index contributed by atoms with van der Waals surface area (Å²) in [7, 11) is -4.81. The first kappa shape index (κ1) is 51.7. The smallest absolute Gasteiger partial charge is 0.462 e. The number of esters is 2. The highest BCUT2D eigenvalue weighted by atomic mass is 31.2. The van der Waals surface area contributed by atoms with Crippen molar-refractivity contribution in [2.24, 2.45) is 5.92 Å². The van der Waals surface area contributed by atoms with E-state index in [9.17, 15) is 18.9 Å². The summed E-state index contributed by atoms with van der Waals surface area (Å²) in [6.45, 7) is 5.82. The molecule has 0 bridgehead atoms. The molecule has 0 saturated heterocycles. The van der Waals surface area contributed by atoms with Crippen molar-refractivity contribution in [3.63, 3.8) is 0 Å². The largest absolute Gasteiger partial charge is 0.469 e. The summed E-state index contributed by atoms with van der Waals surface area (Å²) in [6, 6.07) is 0. The minimum absolute atomic E-state index is 0.0218. The molecule has 0 aromatic heterocycles. The average Bonchev–Trinajstić information content (AvgIpc) is 3.13. The van der Waals surface area contributed by atoms with Crippen LogP contribution in [0.5, 0.6) is 0 Å². The first-order valence-corrected chi connectivity index (χ1v) is 22.8. The third kappa shape index (κ3) is 39.4. The number of rotatable bonds is 38. The Bertz CT molecular complexity index is 1090. The molecule has 2 atom stereocenters. The third-order valence-electron chi connectivity index (χ3n) is 9.37. The van der Waals surface area contributed by atoms with Gasteiger partial charge in [-0.15, -0.1) is 0 Å². The van der Waals surface area contributed by atoms with Crippen LogP contribution >= 0.6 is 7.82 Å². The molecule has 54 heavy (non-hydrogen) atoms. The first-order valence-electron chi connectivity index (χ1n) is 21.3. The summed E-state index contributed by atoms with van der Waals surface area (Å²) in [4.78, 5) is 54.9.